The average Bonchev–Trinajstić information content (AvgIpc) is 3.15. The lowest BCUT2D eigenvalue weighted by molar-refractivity contribution is -0.122. The number of primary amides is 1. The summed E-state index contributed by atoms with van der Waals surface area (Å²) in [6, 6.07) is 6.49. The van der Waals surface area contributed by atoms with Gasteiger partial charge in [0.2, 0.25) is 5.91 Å². The monoisotopic (exact) mass is 359 g/mol. The van der Waals surface area contributed by atoms with Crippen molar-refractivity contribution in [2.24, 2.45) is 11.7 Å². The number of benzene rings is 1. The number of esters is 1. The van der Waals surface area contributed by atoms with Crippen LogP contribution < -0.4 is 11.1 Å². The van der Waals surface area contributed by atoms with Crippen LogP contribution in [0.2, 0.25) is 0 Å². The standard InChI is InChI=1S/C19H25N3O4/c20-17(23)13-9-11-22(12-10-13)19(25)21-15-7-5-14(6-8-15)18(24)26-16-3-1-2-4-16/h5-8,13,16H,1-4,9-12H2,(H2,20,23)(H,21,25). The molecule has 140 valence electrons. The number of hydrogen-bond acceptors (Lipinski definition) is 4. The van der Waals surface area contributed by atoms with Gasteiger partial charge in [-0.25, -0.2) is 9.59 Å². The lowest BCUT2D eigenvalue weighted by Crippen LogP contribution is -2.43. The van der Waals surface area contributed by atoms with Gasteiger partial charge in [-0.15, -0.1) is 0 Å². The molecular weight excluding hydrogens is 334 g/mol. The molecule has 7 heteroatoms. The molecule has 7 nitrogen and oxygen atoms in total. The number of nitrogens with zero attached hydrogens (tertiary/aromatic N) is 1. The van der Waals surface area contributed by atoms with Gasteiger partial charge in [0.05, 0.1) is 5.56 Å². The van der Waals surface area contributed by atoms with Crippen molar-refractivity contribution < 1.29 is 19.1 Å². The average molecular weight is 359 g/mol. The Bertz CT molecular complexity index is 660. The van der Waals surface area contributed by atoms with Crippen molar-refractivity contribution in [3.05, 3.63) is 29.8 Å². The smallest absolute Gasteiger partial charge is 0.338 e. The molecule has 1 heterocycles. The van der Waals surface area contributed by atoms with Crippen LogP contribution in [0.15, 0.2) is 24.3 Å². The molecule has 0 atom stereocenters. The summed E-state index contributed by atoms with van der Waals surface area (Å²) < 4.78 is 5.47. The zero-order valence-electron chi connectivity index (χ0n) is 14.8. The van der Waals surface area contributed by atoms with Gasteiger partial charge in [-0.1, -0.05) is 0 Å². The third kappa shape index (κ3) is 4.53. The normalized spacial score (nSPS) is 18.5. The van der Waals surface area contributed by atoms with Crippen LogP contribution in [0.4, 0.5) is 10.5 Å². The van der Waals surface area contributed by atoms with E-state index in [2.05, 4.69) is 5.32 Å². The molecule has 1 aromatic rings. The zero-order valence-corrected chi connectivity index (χ0v) is 14.8. The summed E-state index contributed by atoms with van der Waals surface area (Å²) in [6.07, 6.45) is 5.31. The Balaban J connectivity index is 1.50. The van der Waals surface area contributed by atoms with Crippen molar-refractivity contribution in [2.45, 2.75) is 44.6 Å². The van der Waals surface area contributed by atoms with E-state index in [4.69, 9.17) is 10.5 Å². The van der Waals surface area contributed by atoms with Crippen LogP contribution >= 0.6 is 0 Å². The number of carbonyl (C=O) groups excluding carboxylic acids is 3. The summed E-state index contributed by atoms with van der Waals surface area (Å²) in [5.74, 6) is -0.766. The van der Waals surface area contributed by atoms with Crippen LogP contribution in [0.3, 0.4) is 0 Å². The molecule has 0 radical (unpaired) electrons. The lowest BCUT2D eigenvalue weighted by Gasteiger charge is -2.30. The number of nitrogens with two attached hydrogens (primary N) is 1. The second-order valence-electron chi connectivity index (χ2n) is 6.98. The third-order valence-electron chi connectivity index (χ3n) is 5.13. The Morgan fingerprint density at radius 1 is 1.00 bits per heavy atom. The Morgan fingerprint density at radius 3 is 2.19 bits per heavy atom. The number of nitrogens with one attached hydrogen (secondary N) is 1. The van der Waals surface area contributed by atoms with Crippen molar-refractivity contribution >= 4 is 23.6 Å². The second kappa shape index (κ2) is 8.21. The van der Waals surface area contributed by atoms with Crippen LogP contribution in [0.5, 0.6) is 0 Å². The Hall–Kier alpha value is -2.57. The number of hydrogen-bond donors (Lipinski definition) is 2. The van der Waals surface area contributed by atoms with E-state index in [0.717, 1.165) is 25.7 Å². The molecule has 1 aliphatic heterocycles. The molecule has 3 rings (SSSR count). The molecule has 1 aliphatic carbocycles. The lowest BCUT2D eigenvalue weighted by atomic mass is 9.96. The maximum absolute atomic E-state index is 12.3. The van der Waals surface area contributed by atoms with Gasteiger partial charge in [-0.05, 0) is 62.8 Å². The van der Waals surface area contributed by atoms with Gasteiger partial charge in [0.15, 0.2) is 0 Å². The number of carbonyl (C=O) groups is 3. The highest BCUT2D eigenvalue weighted by molar-refractivity contribution is 5.92. The Morgan fingerprint density at radius 2 is 1.62 bits per heavy atom. The van der Waals surface area contributed by atoms with Gasteiger partial charge in [-0.3, -0.25) is 4.79 Å². The quantitative estimate of drug-likeness (QED) is 0.806. The molecule has 3 amide bonds. The summed E-state index contributed by atoms with van der Waals surface area (Å²) >= 11 is 0. The molecule has 1 saturated heterocycles. The van der Waals surface area contributed by atoms with E-state index < -0.39 is 0 Å². The number of piperidine rings is 1. The predicted molar refractivity (Wildman–Crippen MR) is 96.6 cm³/mol. The summed E-state index contributed by atoms with van der Waals surface area (Å²) in [5, 5.41) is 2.81. The minimum Gasteiger partial charge on any atom is -0.459 e. The molecule has 2 fully saturated rings. The molecule has 0 bridgehead atoms. The molecule has 0 unspecified atom stereocenters. The van der Waals surface area contributed by atoms with Crippen LogP contribution in [-0.2, 0) is 9.53 Å². The van der Waals surface area contributed by atoms with Gasteiger partial charge in [0, 0.05) is 24.7 Å². The van der Waals surface area contributed by atoms with Crippen molar-refractivity contribution in [3.63, 3.8) is 0 Å². The van der Waals surface area contributed by atoms with Crippen LogP contribution in [0.25, 0.3) is 0 Å². The maximum atomic E-state index is 12.3. The third-order valence-corrected chi connectivity index (χ3v) is 5.13. The number of urea groups is 1. The second-order valence-corrected chi connectivity index (χ2v) is 6.98. The van der Waals surface area contributed by atoms with E-state index in [1.165, 1.54) is 0 Å². The fourth-order valence-corrected chi connectivity index (χ4v) is 3.48. The first-order valence-electron chi connectivity index (χ1n) is 9.19. The van der Waals surface area contributed by atoms with E-state index in [-0.39, 0.29) is 29.9 Å². The molecule has 1 saturated carbocycles. The number of anilines is 1. The molecule has 26 heavy (non-hydrogen) atoms. The maximum Gasteiger partial charge on any atom is 0.338 e. The van der Waals surface area contributed by atoms with Gasteiger partial charge >= 0.3 is 12.0 Å². The minimum absolute atomic E-state index is 0.0326. The molecule has 1 aromatic carbocycles. The highest BCUT2D eigenvalue weighted by atomic mass is 16.5. The number of ether oxygens (including phenoxy) is 1. The predicted octanol–water partition coefficient (Wildman–Crippen LogP) is 2.52. The fraction of sp³-hybridized carbons (Fsp3) is 0.526. The molecule has 0 spiro atoms. The Labute approximate surface area is 152 Å². The molecular formula is C19H25N3O4. The summed E-state index contributed by atoms with van der Waals surface area (Å²) in [6.45, 7) is 1.01. The zero-order chi connectivity index (χ0) is 18.5. The first kappa shape index (κ1) is 18.2. The van der Waals surface area contributed by atoms with Gasteiger partial charge in [-0.2, -0.15) is 0 Å². The largest absolute Gasteiger partial charge is 0.459 e. The van der Waals surface area contributed by atoms with Gasteiger partial charge < -0.3 is 20.7 Å². The van der Waals surface area contributed by atoms with Crippen LogP contribution in [0, 0.1) is 5.92 Å². The van der Waals surface area contributed by atoms with E-state index >= 15 is 0 Å². The SMILES string of the molecule is NC(=O)C1CCN(C(=O)Nc2ccc(C(=O)OC3CCCC3)cc2)CC1. The van der Waals surface area contributed by atoms with Gasteiger partial charge in [0.25, 0.3) is 0 Å². The molecule has 3 N–H and O–H groups in total. The van der Waals surface area contributed by atoms with Crippen molar-refractivity contribution in [2.75, 3.05) is 18.4 Å². The van der Waals surface area contributed by atoms with Crippen molar-refractivity contribution in [1.29, 1.82) is 0 Å². The summed E-state index contributed by atoms with van der Waals surface area (Å²) in [5.41, 5.74) is 6.41. The van der Waals surface area contributed by atoms with E-state index in [1.807, 2.05) is 0 Å². The summed E-state index contributed by atoms with van der Waals surface area (Å²) in [4.78, 5) is 37.3. The summed E-state index contributed by atoms with van der Waals surface area (Å²) in [7, 11) is 0. The minimum atomic E-state index is -0.316. The fourth-order valence-electron chi connectivity index (χ4n) is 3.48. The first-order valence-corrected chi connectivity index (χ1v) is 9.19. The van der Waals surface area contributed by atoms with E-state index in [0.29, 0.717) is 37.2 Å². The van der Waals surface area contributed by atoms with E-state index in [1.54, 1.807) is 29.2 Å². The van der Waals surface area contributed by atoms with Crippen molar-refractivity contribution in [1.82, 2.24) is 4.90 Å². The van der Waals surface area contributed by atoms with E-state index in [9.17, 15) is 14.4 Å². The number of amides is 3. The van der Waals surface area contributed by atoms with Crippen LogP contribution in [0.1, 0.15) is 48.9 Å². The number of rotatable bonds is 4. The highest BCUT2D eigenvalue weighted by Crippen LogP contribution is 2.23. The first-order chi connectivity index (χ1) is 12.5. The Kier molecular flexibility index (Phi) is 5.75. The molecule has 2 aliphatic rings. The number of likely N-dealkylation sites (tertiary alicyclic amines) is 1. The highest BCUT2D eigenvalue weighted by Gasteiger charge is 2.26. The van der Waals surface area contributed by atoms with Crippen molar-refractivity contribution in [3.8, 4) is 0 Å². The van der Waals surface area contributed by atoms with Gasteiger partial charge in [0.1, 0.15) is 6.10 Å². The molecule has 0 aromatic heterocycles. The topological polar surface area (TPSA) is 102 Å². The van der Waals surface area contributed by atoms with Crippen LogP contribution in [-0.4, -0.2) is 42.0 Å².